The van der Waals surface area contributed by atoms with Crippen molar-refractivity contribution < 1.29 is 0 Å². The van der Waals surface area contributed by atoms with Crippen LogP contribution >= 0.6 is 0 Å². The van der Waals surface area contributed by atoms with E-state index >= 15 is 0 Å². The summed E-state index contributed by atoms with van der Waals surface area (Å²) in [6.07, 6.45) is 9.30. The molecule has 1 aromatic carbocycles. The van der Waals surface area contributed by atoms with Crippen LogP contribution in [0.3, 0.4) is 0 Å². The summed E-state index contributed by atoms with van der Waals surface area (Å²) in [7, 11) is 0. The van der Waals surface area contributed by atoms with Crippen molar-refractivity contribution in [1.82, 2.24) is 15.2 Å². The first-order valence-electron chi connectivity index (χ1n) is 8.52. The minimum absolute atomic E-state index is 0.468. The molecule has 1 saturated carbocycles. The predicted molar refractivity (Wildman–Crippen MR) is 94.1 cm³/mol. The topological polar surface area (TPSA) is 62.7 Å². The lowest BCUT2D eigenvalue weighted by Gasteiger charge is -2.16. The van der Waals surface area contributed by atoms with E-state index in [0.29, 0.717) is 12.0 Å². The highest BCUT2D eigenvalue weighted by atomic mass is 15.3. The van der Waals surface area contributed by atoms with Gasteiger partial charge in [-0.25, -0.2) is 0 Å². The molecule has 23 heavy (non-hydrogen) atoms. The van der Waals surface area contributed by atoms with Gasteiger partial charge in [0.25, 0.3) is 0 Å². The van der Waals surface area contributed by atoms with Crippen molar-refractivity contribution >= 4 is 17.5 Å². The second-order valence-corrected chi connectivity index (χ2v) is 6.37. The number of aryl methyl sites for hydroxylation is 1. The fourth-order valence-corrected chi connectivity index (χ4v) is 3.06. The number of anilines is 3. The molecule has 0 unspecified atom stereocenters. The molecule has 1 aromatic heterocycles. The van der Waals surface area contributed by atoms with Crippen molar-refractivity contribution in [2.45, 2.75) is 58.4 Å². The van der Waals surface area contributed by atoms with Crippen LogP contribution in [-0.2, 0) is 0 Å². The number of rotatable bonds is 4. The Kier molecular flexibility index (Phi) is 5.05. The molecule has 2 aromatic rings. The molecule has 122 valence electrons. The minimum Gasteiger partial charge on any atom is -0.350 e. The summed E-state index contributed by atoms with van der Waals surface area (Å²) in [5.74, 6) is 1.34. The van der Waals surface area contributed by atoms with Crippen LogP contribution in [0.2, 0.25) is 0 Å². The molecule has 0 bridgehead atoms. The maximum atomic E-state index is 4.57. The zero-order chi connectivity index (χ0) is 16.1. The Bertz CT molecular complexity index is 648. The van der Waals surface area contributed by atoms with Gasteiger partial charge in [-0.3, -0.25) is 0 Å². The van der Waals surface area contributed by atoms with Crippen LogP contribution in [-0.4, -0.2) is 21.2 Å². The molecule has 1 heterocycles. The summed E-state index contributed by atoms with van der Waals surface area (Å²) in [6.45, 7) is 4.22. The van der Waals surface area contributed by atoms with Crippen LogP contribution in [0.4, 0.5) is 17.5 Å². The molecular formula is C18H25N5. The second-order valence-electron chi connectivity index (χ2n) is 6.37. The monoisotopic (exact) mass is 311 g/mol. The van der Waals surface area contributed by atoms with Crippen molar-refractivity contribution in [1.29, 1.82) is 0 Å². The molecule has 5 nitrogen and oxygen atoms in total. The third-order valence-corrected chi connectivity index (χ3v) is 4.61. The average molecular weight is 311 g/mol. The standard InChI is InChI=1S/C18H25N5/c1-13-8-7-11-16(14(13)2)21-17-12-19-23-18(22-17)20-15-9-5-3-4-6-10-15/h7-8,11-12,15H,3-6,9-10H2,1-2H3,(H2,20,21,22,23). The largest absolute Gasteiger partial charge is 0.350 e. The highest BCUT2D eigenvalue weighted by molar-refractivity contribution is 5.61. The maximum absolute atomic E-state index is 4.57. The van der Waals surface area contributed by atoms with Crippen LogP contribution < -0.4 is 10.6 Å². The summed E-state index contributed by atoms with van der Waals surface area (Å²) in [6, 6.07) is 6.68. The SMILES string of the molecule is Cc1cccc(Nc2cnnc(NC3CCCCCC3)n2)c1C. The molecule has 1 aliphatic rings. The van der Waals surface area contributed by atoms with Gasteiger partial charge in [0.1, 0.15) is 0 Å². The van der Waals surface area contributed by atoms with E-state index in [0.717, 1.165) is 11.5 Å². The molecule has 1 fully saturated rings. The zero-order valence-electron chi connectivity index (χ0n) is 14.0. The van der Waals surface area contributed by atoms with Gasteiger partial charge in [-0.15, -0.1) is 5.10 Å². The summed E-state index contributed by atoms with van der Waals surface area (Å²) in [4.78, 5) is 4.57. The molecular weight excluding hydrogens is 286 g/mol. The number of benzene rings is 1. The lowest BCUT2D eigenvalue weighted by Crippen LogP contribution is -2.20. The molecule has 2 N–H and O–H groups in total. The summed E-state index contributed by atoms with van der Waals surface area (Å²) >= 11 is 0. The van der Waals surface area contributed by atoms with E-state index in [4.69, 9.17) is 0 Å². The van der Waals surface area contributed by atoms with Gasteiger partial charge in [0.15, 0.2) is 5.82 Å². The predicted octanol–water partition coefficient (Wildman–Crippen LogP) is 4.37. The van der Waals surface area contributed by atoms with Gasteiger partial charge in [0.05, 0.1) is 6.20 Å². The van der Waals surface area contributed by atoms with Crippen LogP contribution in [0.15, 0.2) is 24.4 Å². The molecule has 0 radical (unpaired) electrons. The molecule has 1 aliphatic carbocycles. The number of hydrogen-bond donors (Lipinski definition) is 2. The van der Waals surface area contributed by atoms with Crippen molar-refractivity contribution in [3.63, 3.8) is 0 Å². The average Bonchev–Trinajstić information content (AvgIpc) is 2.81. The Balaban J connectivity index is 1.70. The highest BCUT2D eigenvalue weighted by Crippen LogP contribution is 2.23. The van der Waals surface area contributed by atoms with Crippen molar-refractivity contribution in [2.75, 3.05) is 10.6 Å². The molecule has 0 amide bonds. The Morgan fingerprint density at radius 1 is 1.04 bits per heavy atom. The first-order valence-corrected chi connectivity index (χ1v) is 8.52. The van der Waals surface area contributed by atoms with Crippen LogP contribution in [0.5, 0.6) is 0 Å². The first kappa shape index (κ1) is 15.7. The van der Waals surface area contributed by atoms with Crippen molar-refractivity contribution in [3.8, 4) is 0 Å². The van der Waals surface area contributed by atoms with Crippen LogP contribution in [0.25, 0.3) is 0 Å². The highest BCUT2D eigenvalue weighted by Gasteiger charge is 2.13. The van der Waals surface area contributed by atoms with Gasteiger partial charge >= 0.3 is 0 Å². The van der Waals surface area contributed by atoms with Gasteiger partial charge in [0, 0.05) is 11.7 Å². The fraction of sp³-hybridized carbons (Fsp3) is 0.500. The molecule has 0 spiro atoms. The van der Waals surface area contributed by atoms with E-state index in [1.165, 1.54) is 49.7 Å². The van der Waals surface area contributed by atoms with Crippen LogP contribution in [0.1, 0.15) is 49.7 Å². The Labute approximate surface area is 137 Å². The molecule has 0 atom stereocenters. The van der Waals surface area contributed by atoms with E-state index in [-0.39, 0.29) is 0 Å². The molecule has 5 heteroatoms. The third kappa shape index (κ3) is 4.18. The number of nitrogens with zero attached hydrogens (tertiary/aromatic N) is 3. The smallest absolute Gasteiger partial charge is 0.244 e. The first-order chi connectivity index (χ1) is 11.2. The maximum Gasteiger partial charge on any atom is 0.244 e. The summed E-state index contributed by atoms with van der Waals surface area (Å²) in [5.41, 5.74) is 3.55. The quantitative estimate of drug-likeness (QED) is 0.821. The number of hydrogen-bond acceptors (Lipinski definition) is 5. The van der Waals surface area contributed by atoms with Crippen molar-refractivity contribution in [2.24, 2.45) is 0 Å². The van der Waals surface area contributed by atoms with E-state index in [1.54, 1.807) is 6.20 Å². The van der Waals surface area contributed by atoms with E-state index < -0.39 is 0 Å². The van der Waals surface area contributed by atoms with Crippen LogP contribution in [0, 0.1) is 13.8 Å². The number of aromatic nitrogens is 3. The summed E-state index contributed by atoms with van der Waals surface area (Å²) in [5, 5.41) is 15.0. The summed E-state index contributed by atoms with van der Waals surface area (Å²) < 4.78 is 0. The lowest BCUT2D eigenvalue weighted by atomic mass is 10.1. The Hall–Kier alpha value is -2.17. The second kappa shape index (κ2) is 7.40. The Morgan fingerprint density at radius 2 is 1.83 bits per heavy atom. The third-order valence-electron chi connectivity index (χ3n) is 4.61. The van der Waals surface area contributed by atoms with Gasteiger partial charge in [-0.05, 0) is 43.9 Å². The van der Waals surface area contributed by atoms with Gasteiger partial charge in [0.2, 0.25) is 5.95 Å². The van der Waals surface area contributed by atoms with E-state index in [2.05, 4.69) is 51.8 Å². The van der Waals surface area contributed by atoms with Gasteiger partial charge < -0.3 is 10.6 Å². The molecule has 0 aliphatic heterocycles. The van der Waals surface area contributed by atoms with Gasteiger partial charge in [-0.2, -0.15) is 10.1 Å². The zero-order valence-corrected chi connectivity index (χ0v) is 14.0. The number of nitrogens with one attached hydrogen (secondary N) is 2. The van der Waals surface area contributed by atoms with Crippen molar-refractivity contribution in [3.05, 3.63) is 35.5 Å². The fourth-order valence-electron chi connectivity index (χ4n) is 3.06. The lowest BCUT2D eigenvalue weighted by molar-refractivity contribution is 0.613. The molecule has 3 rings (SSSR count). The van der Waals surface area contributed by atoms with Gasteiger partial charge in [-0.1, -0.05) is 37.8 Å². The minimum atomic E-state index is 0.468. The van der Waals surface area contributed by atoms with E-state index in [9.17, 15) is 0 Å². The van der Waals surface area contributed by atoms with E-state index in [1.807, 2.05) is 6.07 Å². The Morgan fingerprint density at radius 3 is 2.61 bits per heavy atom. The molecule has 0 saturated heterocycles. The normalized spacial score (nSPS) is 15.9.